The van der Waals surface area contributed by atoms with E-state index in [0.29, 0.717) is 0 Å². The van der Waals surface area contributed by atoms with Crippen molar-refractivity contribution in [3.63, 3.8) is 0 Å². The molecule has 0 N–H and O–H groups in total. The zero-order chi connectivity index (χ0) is 15.1. The minimum Gasteiger partial charge on any atom is -0.197 e. The first-order valence-corrected chi connectivity index (χ1v) is 7.21. The number of benzene rings is 2. The van der Waals surface area contributed by atoms with Crippen LogP contribution in [0.15, 0.2) is 60.7 Å². The lowest BCUT2D eigenvalue weighted by atomic mass is 9.73. The lowest BCUT2D eigenvalue weighted by molar-refractivity contribution is 0.479. The standard InChI is InChI=1S/C19H18N2/c1-2-18(15-9-5-3-6-10-15)19(17(13-20)14-21)16-11-7-4-8-12-16/h3-12,17-19H,2H2,1H3. The van der Waals surface area contributed by atoms with Crippen LogP contribution in [0.3, 0.4) is 0 Å². The van der Waals surface area contributed by atoms with Gasteiger partial charge in [0.1, 0.15) is 5.92 Å². The Morgan fingerprint density at radius 2 is 1.29 bits per heavy atom. The minimum absolute atomic E-state index is 0.103. The highest BCUT2D eigenvalue weighted by Gasteiger charge is 2.31. The second-order valence-corrected chi connectivity index (χ2v) is 5.10. The largest absolute Gasteiger partial charge is 0.197 e. The van der Waals surface area contributed by atoms with Gasteiger partial charge in [-0.05, 0) is 23.5 Å². The van der Waals surface area contributed by atoms with Crippen LogP contribution in [0, 0.1) is 28.6 Å². The van der Waals surface area contributed by atoms with Crippen molar-refractivity contribution in [3.8, 4) is 12.1 Å². The molecule has 0 spiro atoms. The van der Waals surface area contributed by atoms with Crippen LogP contribution in [0.5, 0.6) is 0 Å². The predicted molar refractivity (Wildman–Crippen MR) is 83.4 cm³/mol. The molecule has 0 aliphatic rings. The maximum Gasteiger partial charge on any atom is 0.140 e. The molecule has 0 aliphatic carbocycles. The molecule has 21 heavy (non-hydrogen) atoms. The summed E-state index contributed by atoms with van der Waals surface area (Å²) >= 11 is 0. The number of nitriles is 2. The Balaban J connectivity index is 2.49. The smallest absolute Gasteiger partial charge is 0.140 e. The van der Waals surface area contributed by atoms with Crippen LogP contribution in [0.25, 0.3) is 0 Å². The monoisotopic (exact) mass is 274 g/mol. The highest BCUT2D eigenvalue weighted by atomic mass is 14.4. The Morgan fingerprint density at radius 3 is 1.71 bits per heavy atom. The summed E-state index contributed by atoms with van der Waals surface area (Å²) in [5, 5.41) is 18.8. The lowest BCUT2D eigenvalue weighted by Gasteiger charge is -2.28. The van der Waals surface area contributed by atoms with E-state index in [2.05, 4.69) is 31.2 Å². The van der Waals surface area contributed by atoms with E-state index < -0.39 is 5.92 Å². The van der Waals surface area contributed by atoms with Crippen molar-refractivity contribution in [1.82, 2.24) is 0 Å². The average Bonchev–Trinajstić information content (AvgIpc) is 2.57. The molecule has 2 heteroatoms. The second kappa shape index (κ2) is 7.27. The molecule has 2 aromatic carbocycles. The zero-order valence-electron chi connectivity index (χ0n) is 12.1. The van der Waals surface area contributed by atoms with Crippen molar-refractivity contribution in [2.24, 2.45) is 5.92 Å². The van der Waals surface area contributed by atoms with Gasteiger partial charge in [-0.1, -0.05) is 67.6 Å². The molecular weight excluding hydrogens is 256 g/mol. The summed E-state index contributed by atoms with van der Waals surface area (Å²) in [5.74, 6) is -0.580. The molecule has 0 amide bonds. The molecule has 2 aromatic rings. The Hall–Kier alpha value is -2.58. The summed E-state index contributed by atoms with van der Waals surface area (Å²) in [7, 11) is 0. The summed E-state index contributed by atoms with van der Waals surface area (Å²) in [6.45, 7) is 2.11. The van der Waals surface area contributed by atoms with E-state index in [1.165, 1.54) is 5.56 Å². The number of hydrogen-bond donors (Lipinski definition) is 0. The van der Waals surface area contributed by atoms with Crippen molar-refractivity contribution < 1.29 is 0 Å². The van der Waals surface area contributed by atoms with E-state index in [1.54, 1.807) is 0 Å². The van der Waals surface area contributed by atoms with Gasteiger partial charge in [0.15, 0.2) is 0 Å². The van der Waals surface area contributed by atoms with Gasteiger partial charge < -0.3 is 0 Å². The van der Waals surface area contributed by atoms with E-state index in [-0.39, 0.29) is 11.8 Å². The van der Waals surface area contributed by atoms with Crippen LogP contribution in [-0.2, 0) is 0 Å². The van der Waals surface area contributed by atoms with Gasteiger partial charge >= 0.3 is 0 Å². The van der Waals surface area contributed by atoms with Gasteiger partial charge in [-0.2, -0.15) is 10.5 Å². The Labute approximate surface area is 126 Å². The Bertz CT molecular complexity index is 621. The van der Waals surface area contributed by atoms with Crippen LogP contribution in [-0.4, -0.2) is 0 Å². The third-order valence-electron chi connectivity index (χ3n) is 3.92. The molecule has 0 radical (unpaired) electrons. The van der Waals surface area contributed by atoms with Crippen molar-refractivity contribution >= 4 is 0 Å². The second-order valence-electron chi connectivity index (χ2n) is 5.10. The first-order valence-electron chi connectivity index (χ1n) is 7.21. The molecule has 0 aliphatic heterocycles. The summed E-state index contributed by atoms with van der Waals surface area (Å²) in [5.41, 5.74) is 2.24. The van der Waals surface area contributed by atoms with Crippen molar-refractivity contribution in [3.05, 3.63) is 71.8 Å². The summed E-state index contributed by atoms with van der Waals surface area (Å²) in [6, 6.07) is 24.4. The average molecular weight is 274 g/mol. The first kappa shape index (κ1) is 14.8. The minimum atomic E-state index is -0.641. The molecule has 2 atom stereocenters. The Morgan fingerprint density at radius 1 is 0.810 bits per heavy atom. The van der Waals surface area contributed by atoms with Crippen LogP contribution in [0.4, 0.5) is 0 Å². The van der Waals surface area contributed by atoms with E-state index in [1.807, 2.05) is 48.5 Å². The van der Waals surface area contributed by atoms with E-state index in [4.69, 9.17) is 0 Å². The molecule has 2 nitrogen and oxygen atoms in total. The zero-order valence-corrected chi connectivity index (χ0v) is 12.1. The van der Waals surface area contributed by atoms with E-state index >= 15 is 0 Å². The molecule has 0 bridgehead atoms. The highest BCUT2D eigenvalue weighted by molar-refractivity contribution is 5.32. The molecule has 0 heterocycles. The fraction of sp³-hybridized carbons (Fsp3) is 0.263. The molecular formula is C19H18N2. The van der Waals surface area contributed by atoms with Crippen molar-refractivity contribution in [1.29, 1.82) is 10.5 Å². The quantitative estimate of drug-likeness (QED) is 0.798. The normalized spacial score (nSPS) is 13.1. The fourth-order valence-electron chi connectivity index (χ4n) is 2.92. The fourth-order valence-corrected chi connectivity index (χ4v) is 2.92. The third kappa shape index (κ3) is 3.30. The van der Waals surface area contributed by atoms with Crippen LogP contribution < -0.4 is 0 Å². The van der Waals surface area contributed by atoms with Gasteiger partial charge in [0, 0.05) is 5.92 Å². The van der Waals surface area contributed by atoms with Crippen LogP contribution in [0.1, 0.15) is 36.3 Å². The van der Waals surface area contributed by atoms with Gasteiger partial charge in [-0.25, -0.2) is 0 Å². The third-order valence-corrected chi connectivity index (χ3v) is 3.92. The highest BCUT2D eigenvalue weighted by Crippen LogP contribution is 2.40. The van der Waals surface area contributed by atoms with Gasteiger partial charge in [0.25, 0.3) is 0 Å². The molecule has 0 saturated heterocycles. The van der Waals surface area contributed by atoms with Crippen LogP contribution >= 0.6 is 0 Å². The van der Waals surface area contributed by atoms with E-state index in [9.17, 15) is 10.5 Å². The molecule has 0 saturated carbocycles. The molecule has 104 valence electrons. The van der Waals surface area contributed by atoms with Crippen LogP contribution in [0.2, 0.25) is 0 Å². The molecule has 0 fully saturated rings. The predicted octanol–water partition coefficient (Wildman–Crippen LogP) is 4.63. The summed E-state index contributed by atoms with van der Waals surface area (Å²) < 4.78 is 0. The molecule has 2 rings (SSSR count). The maximum absolute atomic E-state index is 9.38. The van der Waals surface area contributed by atoms with Gasteiger partial charge in [0.05, 0.1) is 12.1 Å². The van der Waals surface area contributed by atoms with Gasteiger partial charge in [-0.15, -0.1) is 0 Å². The number of nitrogens with zero attached hydrogens (tertiary/aromatic N) is 2. The van der Waals surface area contributed by atoms with E-state index in [0.717, 1.165) is 12.0 Å². The number of rotatable bonds is 5. The summed E-state index contributed by atoms with van der Waals surface area (Å²) in [6.07, 6.45) is 0.892. The van der Waals surface area contributed by atoms with Gasteiger partial charge in [-0.3, -0.25) is 0 Å². The number of hydrogen-bond acceptors (Lipinski definition) is 2. The topological polar surface area (TPSA) is 47.6 Å². The SMILES string of the molecule is CCC(c1ccccc1)C(c1ccccc1)C(C#N)C#N. The van der Waals surface area contributed by atoms with Crippen molar-refractivity contribution in [2.75, 3.05) is 0 Å². The first-order chi connectivity index (χ1) is 10.3. The lowest BCUT2D eigenvalue weighted by Crippen LogP contribution is -2.18. The summed E-state index contributed by atoms with van der Waals surface area (Å²) in [4.78, 5) is 0. The maximum atomic E-state index is 9.38. The van der Waals surface area contributed by atoms with Crippen molar-refractivity contribution in [2.45, 2.75) is 25.2 Å². The molecule has 0 aromatic heterocycles. The molecule has 2 unspecified atom stereocenters. The Kier molecular flexibility index (Phi) is 5.13. The van der Waals surface area contributed by atoms with Gasteiger partial charge in [0.2, 0.25) is 0 Å².